The first-order valence-corrected chi connectivity index (χ1v) is 6.53. The summed E-state index contributed by atoms with van der Waals surface area (Å²) in [6.45, 7) is 8.37. The first-order chi connectivity index (χ1) is 7.58. The van der Waals surface area contributed by atoms with E-state index >= 15 is 0 Å². The molecular weight excluding hydrogens is 198 g/mol. The molecule has 0 aliphatic heterocycles. The fraction of sp³-hybridized carbons (Fsp3) is 0.786. The van der Waals surface area contributed by atoms with Crippen molar-refractivity contribution in [2.45, 2.75) is 52.0 Å². The average Bonchev–Trinajstić information content (AvgIpc) is 3.01. The molecule has 0 unspecified atom stereocenters. The van der Waals surface area contributed by atoms with E-state index in [-0.39, 0.29) is 11.8 Å². The lowest BCUT2D eigenvalue weighted by Gasteiger charge is -2.34. The van der Waals surface area contributed by atoms with Crippen molar-refractivity contribution in [3.05, 3.63) is 12.2 Å². The lowest BCUT2D eigenvalue weighted by molar-refractivity contribution is -0.128. The van der Waals surface area contributed by atoms with Crippen LogP contribution in [0.15, 0.2) is 12.2 Å². The van der Waals surface area contributed by atoms with Gasteiger partial charge in [0.15, 0.2) is 0 Å². The van der Waals surface area contributed by atoms with E-state index in [1.54, 1.807) is 0 Å². The van der Waals surface area contributed by atoms with E-state index in [4.69, 9.17) is 0 Å². The second kappa shape index (κ2) is 4.60. The van der Waals surface area contributed by atoms with Gasteiger partial charge in [-0.2, -0.15) is 0 Å². The van der Waals surface area contributed by atoms with Crippen molar-refractivity contribution in [1.82, 2.24) is 5.32 Å². The van der Waals surface area contributed by atoms with Crippen LogP contribution in [0.2, 0.25) is 0 Å². The van der Waals surface area contributed by atoms with Crippen LogP contribution in [0.4, 0.5) is 0 Å². The molecule has 0 radical (unpaired) electrons. The van der Waals surface area contributed by atoms with Crippen molar-refractivity contribution in [2.24, 2.45) is 17.8 Å². The quantitative estimate of drug-likeness (QED) is 0.729. The van der Waals surface area contributed by atoms with Gasteiger partial charge in [0.25, 0.3) is 0 Å². The molecule has 2 saturated carbocycles. The first-order valence-electron chi connectivity index (χ1n) is 6.53. The molecule has 3 atom stereocenters. The molecule has 1 N–H and O–H groups in total. The van der Waals surface area contributed by atoms with Crippen LogP contribution in [0, 0.1) is 17.8 Å². The maximum atomic E-state index is 12.2. The monoisotopic (exact) mass is 221 g/mol. The summed E-state index contributed by atoms with van der Waals surface area (Å²) >= 11 is 0. The molecule has 2 fully saturated rings. The van der Waals surface area contributed by atoms with Crippen molar-refractivity contribution in [3.63, 3.8) is 0 Å². The molecule has 0 heterocycles. The van der Waals surface area contributed by atoms with Gasteiger partial charge in [-0.25, -0.2) is 0 Å². The molecule has 0 spiro atoms. The van der Waals surface area contributed by atoms with Crippen molar-refractivity contribution >= 4 is 5.91 Å². The van der Waals surface area contributed by atoms with E-state index in [9.17, 15) is 4.79 Å². The third-order valence-electron chi connectivity index (χ3n) is 4.01. The Bertz CT molecular complexity index is 293. The molecule has 0 saturated heterocycles. The molecule has 0 bridgehead atoms. The number of nitrogens with one attached hydrogen (secondary N) is 1. The van der Waals surface area contributed by atoms with Crippen LogP contribution in [0.5, 0.6) is 0 Å². The average molecular weight is 221 g/mol. The maximum Gasteiger partial charge on any atom is 0.223 e. The number of hydrogen-bond donors (Lipinski definition) is 1. The summed E-state index contributed by atoms with van der Waals surface area (Å²) in [5.41, 5.74) is 1.18. The van der Waals surface area contributed by atoms with Crippen LogP contribution < -0.4 is 5.32 Å². The Morgan fingerprint density at radius 3 is 2.44 bits per heavy atom. The Morgan fingerprint density at radius 2 is 1.88 bits per heavy atom. The summed E-state index contributed by atoms with van der Waals surface area (Å²) in [6.07, 6.45) is 5.76. The van der Waals surface area contributed by atoms with Crippen LogP contribution in [0.3, 0.4) is 0 Å². The minimum Gasteiger partial charge on any atom is -0.353 e. The number of amides is 1. The second-order valence-electron chi connectivity index (χ2n) is 5.76. The second-order valence-corrected chi connectivity index (χ2v) is 5.76. The van der Waals surface area contributed by atoms with E-state index < -0.39 is 0 Å². The van der Waals surface area contributed by atoms with Crippen LogP contribution >= 0.6 is 0 Å². The van der Waals surface area contributed by atoms with Gasteiger partial charge in [0.1, 0.15) is 0 Å². The summed E-state index contributed by atoms with van der Waals surface area (Å²) < 4.78 is 0. The van der Waals surface area contributed by atoms with Gasteiger partial charge in [-0.3, -0.25) is 4.79 Å². The van der Waals surface area contributed by atoms with Gasteiger partial charge < -0.3 is 5.32 Å². The Balaban J connectivity index is 2.00. The molecular formula is C14H23NO. The van der Waals surface area contributed by atoms with E-state index in [0.29, 0.717) is 17.9 Å². The van der Waals surface area contributed by atoms with Crippen molar-refractivity contribution < 1.29 is 4.79 Å². The van der Waals surface area contributed by atoms with Crippen molar-refractivity contribution in [2.75, 3.05) is 0 Å². The highest BCUT2D eigenvalue weighted by Gasteiger charge is 2.36. The standard InChI is InChI=1S/C14H23NO/c1-9(2)12-7-4-10(3)8-13(12)14(16)15-11-5-6-11/h10-13H,1,4-8H2,2-3H3,(H,15,16)/t10-,12+,13-/m1/s1. The van der Waals surface area contributed by atoms with Crippen LogP contribution in [0.1, 0.15) is 46.0 Å². The molecule has 0 aromatic rings. The number of rotatable bonds is 3. The third kappa shape index (κ3) is 2.66. The molecule has 2 nitrogen and oxygen atoms in total. The molecule has 2 aliphatic carbocycles. The van der Waals surface area contributed by atoms with E-state index in [2.05, 4.69) is 25.7 Å². The molecule has 0 aromatic heterocycles. The highest BCUT2D eigenvalue weighted by Crippen LogP contribution is 2.37. The van der Waals surface area contributed by atoms with Gasteiger partial charge >= 0.3 is 0 Å². The number of allylic oxidation sites excluding steroid dienone is 1. The van der Waals surface area contributed by atoms with Gasteiger partial charge in [0, 0.05) is 12.0 Å². The predicted octanol–water partition coefficient (Wildman–Crippen LogP) is 2.89. The zero-order chi connectivity index (χ0) is 11.7. The Labute approximate surface area is 98.5 Å². The lowest BCUT2D eigenvalue weighted by Crippen LogP contribution is -2.39. The fourth-order valence-corrected chi connectivity index (χ4v) is 2.80. The molecule has 2 rings (SSSR count). The number of hydrogen-bond acceptors (Lipinski definition) is 1. The van der Waals surface area contributed by atoms with Gasteiger partial charge in [-0.15, -0.1) is 0 Å². The molecule has 1 amide bonds. The predicted molar refractivity (Wildman–Crippen MR) is 66.0 cm³/mol. The largest absolute Gasteiger partial charge is 0.353 e. The van der Waals surface area contributed by atoms with E-state index in [1.165, 1.54) is 24.8 Å². The summed E-state index contributed by atoms with van der Waals surface area (Å²) in [5, 5.41) is 3.15. The lowest BCUT2D eigenvalue weighted by atomic mass is 9.71. The summed E-state index contributed by atoms with van der Waals surface area (Å²) in [5.74, 6) is 1.56. The Kier molecular flexibility index (Phi) is 3.36. The fourth-order valence-electron chi connectivity index (χ4n) is 2.80. The van der Waals surface area contributed by atoms with Crippen molar-refractivity contribution in [3.8, 4) is 0 Å². The van der Waals surface area contributed by atoms with Crippen molar-refractivity contribution in [1.29, 1.82) is 0 Å². The summed E-state index contributed by atoms with van der Waals surface area (Å²) in [6, 6.07) is 0.482. The normalized spacial score (nSPS) is 34.5. The first kappa shape index (κ1) is 11.7. The van der Waals surface area contributed by atoms with E-state index in [0.717, 1.165) is 12.8 Å². The Hall–Kier alpha value is -0.790. The highest BCUT2D eigenvalue weighted by molar-refractivity contribution is 5.80. The SMILES string of the molecule is C=C(C)[C@@H]1CC[C@@H](C)C[C@H]1C(=O)NC1CC1. The minimum absolute atomic E-state index is 0.182. The van der Waals surface area contributed by atoms with Crippen LogP contribution in [-0.4, -0.2) is 11.9 Å². The van der Waals surface area contributed by atoms with Gasteiger partial charge in [-0.05, 0) is 44.4 Å². The minimum atomic E-state index is 0.182. The zero-order valence-corrected chi connectivity index (χ0v) is 10.5. The third-order valence-corrected chi connectivity index (χ3v) is 4.01. The van der Waals surface area contributed by atoms with E-state index in [1.807, 2.05) is 0 Å². The smallest absolute Gasteiger partial charge is 0.223 e. The number of carbonyl (C=O) groups excluding carboxylic acids is 1. The maximum absolute atomic E-state index is 12.2. The van der Waals surface area contributed by atoms with Gasteiger partial charge in [0.05, 0.1) is 0 Å². The molecule has 90 valence electrons. The topological polar surface area (TPSA) is 29.1 Å². The molecule has 0 aromatic carbocycles. The van der Waals surface area contributed by atoms with Crippen LogP contribution in [0.25, 0.3) is 0 Å². The zero-order valence-electron chi connectivity index (χ0n) is 10.5. The van der Waals surface area contributed by atoms with Crippen LogP contribution in [-0.2, 0) is 4.79 Å². The molecule has 2 aliphatic rings. The number of carbonyl (C=O) groups is 1. The van der Waals surface area contributed by atoms with Gasteiger partial charge in [0.2, 0.25) is 5.91 Å². The summed E-state index contributed by atoms with van der Waals surface area (Å²) in [4.78, 5) is 12.2. The molecule has 2 heteroatoms. The summed E-state index contributed by atoms with van der Waals surface area (Å²) in [7, 11) is 0. The Morgan fingerprint density at radius 1 is 1.19 bits per heavy atom. The van der Waals surface area contributed by atoms with Gasteiger partial charge in [-0.1, -0.05) is 25.5 Å². The highest BCUT2D eigenvalue weighted by atomic mass is 16.2. The molecule has 16 heavy (non-hydrogen) atoms.